The second kappa shape index (κ2) is 7.01. The normalized spacial score (nSPS) is 13.3. The van der Waals surface area contributed by atoms with Crippen molar-refractivity contribution in [3.05, 3.63) is 28.6 Å². The van der Waals surface area contributed by atoms with Gasteiger partial charge in [0.15, 0.2) is 0 Å². The van der Waals surface area contributed by atoms with Crippen molar-refractivity contribution in [2.75, 3.05) is 20.1 Å². The van der Waals surface area contributed by atoms with Gasteiger partial charge >= 0.3 is 0 Å². The first-order valence-corrected chi connectivity index (χ1v) is 7.21. The van der Waals surface area contributed by atoms with Crippen LogP contribution in [-0.2, 0) is 0 Å². The van der Waals surface area contributed by atoms with Gasteiger partial charge in [0.05, 0.1) is 0 Å². The van der Waals surface area contributed by atoms with Crippen LogP contribution in [0.15, 0.2) is 6.07 Å². The van der Waals surface area contributed by atoms with Crippen LogP contribution < -0.4 is 5.32 Å². The summed E-state index contributed by atoms with van der Waals surface area (Å²) < 4.78 is 0. The first-order valence-electron chi connectivity index (χ1n) is 7.21. The minimum Gasteiger partial charge on any atom is -0.309 e. The Morgan fingerprint density at radius 1 is 1.21 bits per heavy atom. The van der Waals surface area contributed by atoms with Crippen molar-refractivity contribution in [1.82, 2.24) is 15.2 Å². The lowest BCUT2D eigenvalue weighted by Gasteiger charge is -2.24. The molecule has 3 heteroatoms. The van der Waals surface area contributed by atoms with Crippen molar-refractivity contribution >= 4 is 0 Å². The summed E-state index contributed by atoms with van der Waals surface area (Å²) in [5.74, 6) is 0. The summed E-state index contributed by atoms with van der Waals surface area (Å²) in [5, 5.41) is 3.60. The lowest BCUT2D eigenvalue weighted by Crippen LogP contribution is -2.34. The van der Waals surface area contributed by atoms with E-state index in [0.29, 0.717) is 12.1 Å². The average molecular weight is 263 g/mol. The van der Waals surface area contributed by atoms with Gasteiger partial charge in [-0.15, -0.1) is 0 Å². The van der Waals surface area contributed by atoms with E-state index in [2.05, 4.69) is 69.9 Å². The third-order valence-electron chi connectivity index (χ3n) is 3.81. The molecule has 108 valence electrons. The van der Waals surface area contributed by atoms with Crippen molar-refractivity contribution in [2.24, 2.45) is 0 Å². The lowest BCUT2D eigenvalue weighted by molar-refractivity contribution is 0.270. The molecule has 1 atom stereocenters. The minimum atomic E-state index is 0.355. The Morgan fingerprint density at radius 2 is 1.84 bits per heavy atom. The van der Waals surface area contributed by atoms with Crippen LogP contribution in [0.4, 0.5) is 0 Å². The van der Waals surface area contributed by atoms with Crippen LogP contribution in [-0.4, -0.2) is 36.1 Å². The maximum absolute atomic E-state index is 4.58. The summed E-state index contributed by atoms with van der Waals surface area (Å²) in [7, 11) is 2.17. The summed E-state index contributed by atoms with van der Waals surface area (Å²) in [6, 6.07) is 3.12. The number of aryl methyl sites for hydroxylation is 3. The zero-order valence-corrected chi connectivity index (χ0v) is 13.5. The van der Waals surface area contributed by atoms with Gasteiger partial charge in [0.1, 0.15) is 0 Å². The van der Waals surface area contributed by atoms with E-state index in [1.54, 1.807) is 0 Å². The molecule has 1 unspecified atom stereocenters. The van der Waals surface area contributed by atoms with Gasteiger partial charge in [-0.05, 0) is 65.8 Å². The van der Waals surface area contributed by atoms with Gasteiger partial charge in [-0.2, -0.15) is 0 Å². The summed E-state index contributed by atoms with van der Waals surface area (Å²) in [6.07, 6.45) is 0. The Balaban J connectivity index is 2.61. The lowest BCUT2D eigenvalue weighted by atomic mass is 10.0. The molecular weight excluding hydrogens is 234 g/mol. The fourth-order valence-electron chi connectivity index (χ4n) is 2.51. The molecule has 0 spiro atoms. The zero-order valence-electron chi connectivity index (χ0n) is 13.5. The third kappa shape index (κ3) is 4.59. The Hall–Kier alpha value is -0.930. The Bertz CT molecular complexity index is 389. The molecule has 0 saturated carbocycles. The number of hydrogen-bond donors (Lipinski definition) is 1. The van der Waals surface area contributed by atoms with E-state index >= 15 is 0 Å². The molecule has 0 aliphatic carbocycles. The smallest absolute Gasteiger partial charge is 0.0426 e. The predicted octanol–water partition coefficient (Wildman–Crippen LogP) is 3.00. The highest BCUT2D eigenvalue weighted by Crippen LogP contribution is 2.20. The molecule has 0 bridgehead atoms. The van der Waals surface area contributed by atoms with Crippen molar-refractivity contribution < 1.29 is 0 Å². The molecule has 1 N–H and O–H groups in total. The van der Waals surface area contributed by atoms with Crippen LogP contribution >= 0.6 is 0 Å². The van der Waals surface area contributed by atoms with Gasteiger partial charge < -0.3 is 10.2 Å². The molecule has 0 aliphatic heterocycles. The first kappa shape index (κ1) is 16.1. The van der Waals surface area contributed by atoms with Crippen LogP contribution in [0.3, 0.4) is 0 Å². The number of likely N-dealkylation sites (N-methyl/N-ethyl adjacent to an activating group) is 1. The SMILES string of the molecule is Cc1cc(C)c(C(C)NCCN(C)C(C)C)c(C)n1. The maximum atomic E-state index is 4.58. The highest BCUT2D eigenvalue weighted by atomic mass is 15.1. The average Bonchev–Trinajstić information content (AvgIpc) is 2.26. The first-order chi connectivity index (χ1) is 8.82. The molecule has 3 nitrogen and oxygen atoms in total. The van der Waals surface area contributed by atoms with Gasteiger partial charge in [-0.3, -0.25) is 4.98 Å². The molecule has 0 amide bonds. The highest BCUT2D eigenvalue weighted by molar-refractivity contribution is 5.33. The van der Waals surface area contributed by atoms with E-state index in [1.165, 1.54) is 11.1 Å². The number of hydrogen-bond acceptors (Lipinski definition) is 3. The van der Waals surface area contributed by atoms with Crippen molar-refractivity contribution in [3.8, 4) is 0 Å². The Kier molecular flexibility index (Phi) is 5.95. The number of pyridine rings is 1. The molecule has 0 aliphatic rings. The molecule has 0 radical (unpaired) electrons. The van der Waals surface area contributed by atoms with E-state index in [1.807, 2.05) is 0 Å². The van der Waals surface area contributed by atoms with Crippen molar-refractivity contribution in [1.29, 1.82) is 0 Å². The summed E-state index contributed by atoms with van der Waals surface area (Å²) >= 11 is 0. The van der Waals surface area contributed by atoms with E-state index in [9.17, 15) is 0 Å². The molecule has 0 saturated heterocycles. The standard InChI is InChI=1S/C16H29N3/c1-11(2)19(7)9-8-17-14(5)16-12(3)10-13(4)18-15(16)6/h10-11,14,17H,8-9H2,1-7H3. The molecule has 1 rings (SSSR count). The van der Waals surface area contributed by atoms with Crippen LogP contribution in [0.2, 0.25) is 0 Å². The second-order valence-corrected chi connectivity index (χ2v) is 5.83. The zero-order chi connectivity index (χ0) is 14.6. The third-order valence-corrected chi connectivity index (χ3v) is 3.81. The molecule has 0 aromatic carbocycles. The number of nitrogens with zero attached hydrogens (tertiary/aromatic N) is 2. The molecule has 0 fully saturated rings. The van der Waals surface area contributed by atoms with E-state index in [-0.39, 0.29) is 0 Å². The maximum Gasteiger partial charge on any atom is 0.0426 e. The fourth-order valence-corrected chi connectivity index (χ4v) is 2.51. The number of aromatic nitrogens is 1. The van der Waals surface area contributed by atoms with Gasteiger partial charge in [0.25, 0.3) is 0 Å². The highest BCUT2D eigenvalue weighted by Gasteiger charge is 2.13. The topological polar surface area (TPSA) is 28.2 Å². The van der Waals surface area contributed by atoms with E-state index in [0.717, 1.165) is 24.5 Å². The van der Waals surface area contributed by atoms with Crippen LogP contribution in [0.1, 0.15) is 49.3 Å². The van der Waals surface area contributed by atoms with Gasteiger partial charge in [0.2, 0.25) is 0 Å². The van der Waals surface area contributed by atoms with Crippen LogP contribution in [0.25, 0.3) is 0 Å². The second-order valence-electron chi connectivity index (χ2n) is 5.83. The fraction of sp³-hybridized carbons (Fsp3) is 0.688. The Labute approximate surface area is 118 Å². The molecular formula is C16H29N3. The minimum absolute atomic E-state index is 0.355. The van der Waals surface area contributed by atoms with Crippen LogP contribution in [0.5, 0.6) is 0 Å². The Morgan fingerprint density at radius 3 is 2.37 bits per heavy atom. The van der Waals surface area contributed by atoms with Crippen molar-refractivity contribution in [2.45, 2.75) is 53.6 Å². The van der Waals surface area contributed by atoms with Gasteiger partial charge in [-0.25, -0.2) is 0 Å². The summed E-state index contributed by atoms with van der Waals surface area (Å²) in [6.45, 7) is 15.1. The predicted molar refractivity (Wildman–Crippen MR) is 82.6 cm³/mol. The largest absolute Gasteiger partial charge is 0.309 e. The molecule has 19 heavy (non-hydrogen) atoms. The van der Waals surface area contributed by atoms with E-state index < -0.39 is 0 Å². The summed E-state index contributed by atoms with van der Waals surface area (Å²) in [5.41, 5.74) is 4.93. The van der Waals surface area contributed by atoms with E-state index in [4.69, 9.17) is 0 Å². The molecule has 1 aromatic heterocycles. The molecule has 1 aromatic rings. The monoisotopic (exact) mass is 263 g/mol. The van der Waals surface area contributed by atoms with Crippen LogP contribution in [0, 0.1) is 20.8 Å². The van der Waals surface area contributed by atoms with Gasteiger partial charge in [0, 0.05) is 36.6 Å². The number of nitrogens with one attached hydrogen (secondary N) is 1. The number of rotatable bonds is 6. The quantitative estimate of drug-likeness (QED) is 0.855. The summed E-state index contributed by atoms with van der Waals surface area (Å²) in [4.78, 5) is 6.93. The molecule has 1 heterocycles. The van der Waals surface area contributed by atoms with Gasteiger partial charge in [-0.1, -0.05) is 0 Å². The van der Waals surface area contributed by atoms with Crippen molar-refractivity contribution in [3.63, 3.8) is 0 Å².